The molecule has 0 aliphatic carbocycles. The van der Waals surface area contributed by atoms with Gasteiger partial charge >= 0.3 is 0 Å². The summed E-state index contributed by atoms with van der Waals surface area (Å²) >= 11 is 3.55. The van der Waals surface area contributed by atoms with Crippen LogP contribution in [-0.2, 0) is 6.54 Å². The summed E-state index contributed by atoms with van der Waals surface area (Å²) in [6.45, 7) is 3.38. The molecule has 128 valence electrons. The number of ether oxygens (including phenoxy) is 2. The maximum absolute atomic E-state index is 5.80. The second-order valence-corrected chi connectivity index (χ2v) is 6.35. The maximum atomic E-state index is 5.80. The van der Waals surface area contributed by atoms with Gasteiger partial charge in [0.15, 0.2) is 0 Å². The maximum Gasteiger partial charge on any atom is 0.133 e. The van der Waals surface area contributed by atoms with Crippen molar-refractivity contribution in [2.45, 2.75) is 13.5 Å². The second-order valence-electron chi connectivity index (χ2n) is 5.49. The summed E-state index contributed by atoms with van der Waals surface area (Å²) in [4.78, 5) is 0. The summed E-state index contributed by atoms with van der Waals surface area (Å²) in [5, 5.41) is 3.41. The van der Waals surface area contributed by atoms with E-state index in [1.807, 2.05) is 67.6 Å². The van der Waals surface area contributed by atoms with Crippen LogP contribution < -0.4 is 14.8 Å². The first-order chi connectivity index (χ1) is 12.2. The molecule has 1 N–H and O–H groups in total. The molecule has 4 heteroatoms. The van der Waals surface area contributed by atoms with Crippen molar-refractivity contribution in [3.05, 3.63) is 82.8 Å². The SMILES string of the molecule is CCOc1ccc(CNc2ccc(Oc3ccccc3)cc2)cc1Br. The Morgan fingerprint density at radius 3 is 2.28 bits per heavy atom. The Morgan fingerprint density at radius 2 is 1.60 bits per heavy atom. The number of para-hydroxylation sites is 1. The van der Waals surface area contributed by atoms with Gasteiger partial charge in [-0.25, -0.2) is 0 Å². The van der Waals surface area contributed by atoms with Gasteiger partial charge in [0.05, 0.1) is 11.1 Å². The number of rotatable bonds is 7. The van der Waals surface area contributed by atoms with Gasteiger partial charge in [-0.2, -0.15) is 0 Å². The third-order valence-corrected chi connectivity index (χ3v) is 4.25. The molecule has 0 radical (unpaired) electrons. The molecular formula is C21H20BrNO2. The fourth-order valence-corrected chi connectivity index (χ4v) is 2.94. The van der Waals surface area contributed by atoms with Crippen LogP contribution in [0.5, 0.6) is 17.2 Å². The number of anilines is 1. The van der Waals surface area contributed by atoms with Gasteiger partial charge < -0.3 is 14.8 Å². The van der Waals surface area contributed by atoms with E-state index in [0.29, 0.717) is 6.61 Å². The molecule has 0 saturated carbocycles. The van der Waals surface area contributed by atoms with Crippen LogP contribution in [0.25, 0.3) is 0 Å². The summed E-state index contributed by atoms with van der Waals surface area (Å²) in [7, 11) is 0. The van der Waals surface area contributed by atoms with Gasteiger partial charge in [0.25, 0.3) is 0 Å². The molecule has 0 atom stereocenters. The van der Waals surface area contributed by atoms with Crippen LogP contribution in [0, 0.1) is 0 Å². The third-order valence-electron chi connectivity index (χ3n) is 3.63. The van der Waals surface area contributed by atoms with E-state index >= 15 is 0 Å². The van der Waals surface area contributed by atoms with Crippen molar-refractivity contribution >= 4 is 21.6 Å². The second kappa shape index (κ2) is 8.58. The number of hydrogen-bond donors (Lipinski definition) is 1. The van der Waals surface area contributed by atoms with E-state index in [1.54, 1.807) is 0 Å². The van der Waals surface area contributed by atoms with Gasteiger partial charge in [0, 0.05) is 12.2 Å². The minimum atomic E-state index is 0.660. The minimum Gasteiger partial charge on any atom is -0.493 e. The Hall–Kier alpha value is -2.46. The minimum absolute atomic E-state index is 0.660. The predicted molar refractivity (Wildman–Crippen MR) is 106 cm³/mol. The molecule has 25 heavy (non-hydrogen) atoms. The van der Waals surface area contributed by atoms with E-state index in [4.69, 9.17) is 9.47 Å². The number of halogens is 1. The van der Waals surface area contributed by atoms with Crippen LogP contribution >= 0.6 is 15.9 Å². The van der Waals surface area contributed by atoms with Crippen LogP contribution in [0.2, 0.25) is 0 Å². The molecule has 3 aromatic rings. The molecule has 3 aromatic carbocycles. The highest BCUT2D eigenvalue weighted by Gasteiger charge is 2.03. The van der Waals surface area contributed by atoms with E-state index in [-0.39, 0.29) is 0 Å². The average molecular weight is 398 g/mol. The average Bonchev–Trinajstić information content (AvgIpc) is 2.64. The smallest absolute Gasteiger partial charge is 0.133 e. The number of nitrogens with one attached hydrogen (secondary N) is 1. The Balaban J connectivity index is 1.57. The highest BCUT2D eigenvalue weighted by Crippen LogP contribution is 2.27. The fourth-order valence-electron chi connectivity index (χ4n) is 2.40. The molecule has 0 aliphatic rings. The van der Waals surface area contributed by atoms with Gasteiger partial charge in [-0.15, -0.1) is 0 Å². The lowest BCUT2D eigenvalue weighted by molar-refractivity contribution is 0.338. The van der Waals surface area contributed by atoms with Crippen LogP contribution in [0.3, 0.4) is 0 Å². The van der Waals surface area contributed by atoms with Crippen molar-refractivity contribution in [3.63, 3.8) is 0 Å². The molecule has 0 aromatic heterocycles. The molecule has 0 spiro atoms. The first-order valence-electron chi connectivity index (χ1n) is 8.22. The highest BCUT2D eigenvalue weighted by molar-refractivity contribution is 9.10. The molecule has 0 bridgehead atoms. The zero-order valence-corrected chi connectivity index (χ0v) is 15.6. The van der Waals surface area contributed by atoms with Gasteiger partial charge in [-0.1, -0.05) is 24.3 Å². The Kier molecular flexibility index (Phi) is 5.96. The first kappa shape index (κ1) is 17.4. The van der Waals surface area contributed by atoms with Crippen LogP contribution in [-0.4, -0.2) is 6.61 Å². The zero-order valence-electron chi connectivity index (χ0n) is 14.0. The lowest BCUT2D eigenvalue weighted by atomic mass is 10.2. The molecule has 0 saturated heterocycles. The zero-order chi connectivity index (χ0) is 17.5. The Bertz CT molecular complexity index is 804. The summed E-state index contributed by atoms with van der Waals surface area (Å²) < 4.78 is 12.3. The van der Waals surface area contributed by atoms with Crippen molar-refractivity contribution in [1.82, 2.24) is 0 Å². The highest BCUT2D eigenvalue weighted by atomic mass is 79.9. The van der Waals surface area contributed by atoms with Gasteiger partial charge in [-0.05, 0) is 76.9 Å². The predicted octanol–water partition coefficient (Wildman–Crippen LogP) is 6.25. The summed E-state index contributed by atoms with van der Waals surface area (Å²) in [5.41, 5.74) is 2.23. The van der Waals surface area contributed by atoms with Crippen molar-refractivity contribution in [1.29, 1.82) is 0 Å². The molecule has 3 nitrogen and oxygen atoms in total. The number of benzene rings is 3. The Labute approximate surface area is 156 Å². The van der Waals surface area contributed by atoms with Gasteiger partial charge in [-0.3, -0.25) is 0 Å². The summed E-state index contributed by atoms with van der Waals surface area (Å²) in [6.07, 6.45) is 0. The fraction of sp³-hybridized carbons (Fsp3) is 0.143. The molecule has 0 unspecified atom stereocenters. The lowest BCUT2D eigenvalue weighted by Gasteiger charge is -2.11. The first-order valence-corrected chi connectivity index (χ1v) is 9.02. The Morgan fingerprint density at radius 1 is 0.880 bits per heavy atom. The van der Waals surface area contributed by atoms with Crippen LogP contribution in [0.1, 0.15) is 12.5 Å². The van der Waals surface area contributed by atoms with Gasteiger partial charge in [0.2, 0.25) is 0 Å². The van der Waals surface area contributed by atoms with E-state index in [1.165, 1.54) is 5.56 Å². The van der Waals surface area contributed by atoms with Crippen LogP contribution in [0.4, 0.5) is 5.69 Å². The molecule has 0 heterocycles. The van der Waals surface area contributed by atoms with Crippen molar-refractivity contribution in [2.75, 3.05) is 11.9 Å². The lowest BCUT2D eigenvalue weighted by Crippen LogP contribution is -2.00. The van der Waals surface area contributed by atoms with E-state index in [0.717, 1.165) is 34.0 Å². The van der Waals surface area contributed by atoms with Crippen molar-refractivity contribution < 1.29 is 9.47 Å². The van der Waals surface area contributed by atoms with Crippen LogP contribution in [0.15, 0.2) is 77.3 Å². The molecule has 0 amide bonds. The quantitative estimate of drug-likeness (QED) is 0.510. The normalized spacial score (nSPS) is 10.3. The van der Waals surface area contributed by atoms with Crippen molar-refractivity contribution in [2.24, 2.45) is 0 Å². The largest absolute Gasteiger partial charge is 0.493 e. The number of hydrogen-bond acceptors (Lipinski definition) is 3. The van der Waals surface area contributed by atoms with E-state index in [9.17, 15) is 0 Å². The molecule has 0 fully saturated rings. The summed E-state index contributed by atoms with van der Waals surface area (Å²) in [6, 6.07) is 23.9. The van der Waals surface area contributed by atoms with Gasteiger partial charge in [0.1, 0.15) is 17.2 Å². The molecule has 3 rings (SSSR count). The standard InChI is InChI=1S/C21H20BrNO2/c1-2-24-21-13-8-16(14-20(21)22)15-23-17-9-11-19(12-10-17)25-18-6-4-3-5-7-18/h3-14,23H,2,15H2,1H3. The topological polar surface area (TPSA) is 30.5 Å². The molecule has 0 aliphatic heterocycles. The third kappa shape index (κ3) is 5.00. The van der Waals surface area contributed by atoms with E-state index in [2.05, 4.69) is 33.4 Å². The monoisotopic (exact) mass is 397 g/mol. The van der Waals surface area contributed by atoms with E-state index < -0.39 is 0 Å². The molecular weight excluding hydrogens is 378 g/mol. The summed E-state index contributed by atoms with van der Waals surface area (Å²) in [5.74, 6) is 2.52. The van der Waals surface area contributed by atoms with Crippen molar-refractivity contribution in [3.8, 4) is 17.2 Å².